The van der Waals surface area contributed by atoms with Gasteiger partial charge in [-0.15, -0.1) is 0 Å². The summed E-state index contributed by atoms with van der Waals surface area (Å²) in [4.78, 5) is 4.45. The van der Waals surface area contributed by atoms with Gasteiger partial charge in [0.15, 0.2) is 0 Å². The van der Waals surface area contributed by atoms with Crippen LogP contribution in [-0.2, 0) is 6.54 Å². The second-order valence-electron chi connectivity index (χ2n) is 5.04. The summed E-state index contributed by atoms with van der Waals surface area (Å²) >= 11 is 3.41. The van der Waals surface area contributed by atoms with Gasteiger partial charge in [0.05, 0.1) is 5.69 Å². The van der Waals surface area contributed by atoms with E-state index in [0.29, 0.717) is 6.04 Å². The highest BCUT2D eigenvalue weighted by atomic mass is 79.9. The summed E-state index contributed by atoms with van der Waals surface area (Å²) in [5.41, 5.74) is 1.12. The third-order valence-electron chi connectivity index (χ3n) is 4.07. The van der Waals surface area contributed by atoms with Gasteiger partial charge < -0.3 is 5.32 Å². The Kier molecular flexibility index (Phi) is 4.57. The largest absolute Gasteiger partial charge is 0.308 e. The molecular formula is C14H21BrN2. The van der Waals surface area contributed by atoms with Gasteiger partial charge >= 0.3 is 0 Å². The minimum absolute atomic E-state index is 0.667. The molecule has 94 valence electrons. The topological polar surface area (TPSA) is 24.9 Å². The van der Waals surface area contributed by atoms with Crippen LogP contribution in [0, 0.1) is 11.8 Å². The Morgan fingerprint density at radius 1 is 1.41 bits per heavy atom. The normalized spacial score (nSPS) is 28.5. The first-order valence-corrected chi connectivity index (χ1v) is 7.34. The molecule has 0 aliphatic heterocycles. The zero-order valence-corrected chi connectivity index (χ0v) is 12.2. The summed E-state index contributed by atoms with van der Waals surface area (Å²) in [7, 11) is 0. The lowest BCUT2D eigenvalue weighted by atomic mass is 9.93. The molecule has 0 amide bonds. The SMILES string of the molecule is CCC1CCC(NCc2cccc(Br)n2)C1C. The zero-order chi connectivity index (χ0) is 12.3. The van der Waals surface area contributed by atoms with Crippen molar-refractivity contribution in [3.05, 3.63) is 28.5 Å². The van der Waals surface area contributed by atoms with E-state index in [1.807, 2.05) is 12.1 Å². The molecule has 17 heavy (non-hydrogen) atoms. The molecule has 0 radical (unpaired) electrons. The summed E-state index contributed by atoms with van der Waals surface area (Å²) in [6.45, 7) is 5.57. The molecule has 3 unspecified atom stereocenters. The van der Waals surface area contributed by atoms with Crippen LogP contribution in [0.3, 0.4) is 0 Å². The highest BCUT2D eigenvalue weighted by molar-refractivity contribution is 9.10. The van der Waals surface area contributed by atoms with Gasteiger partial charge in [0, 0.05) is 12.6 Å². The predicted molar refractivity (Wildman–Crippen MR) is 74.7 cm³/mol. The average molecular weight is 297 g/mol. The third-order valence-corrected chi connectivity index (χ3v) is 4.51. The standard InChI is InChI=1S/C14H21BrN2/c1-3-11-7-8-13(10(11)2)16-9-12-5-4-6-14(15)17-12/h4-6,10-11,13,16H,3,7-9H2,1-2H3. The van der Waals surface area contributed by atoms with Crippen molar-refractivity contribution in [2.45, 2.75) is 45.7 Å². The van der Waals surface area contributed by atoms with Crippen molar-refractivity contribution in [3.8, 4) is 0 Å². The maximum atomic E-state index is 4.45. The Morgan fingerprint density at radius 2 is 2.24 bits per heavy atom. The molecule has 3 heteroatoms. The van der Waals surface area contributed by atoms with Crippen LogP contribution in [0.15, 0.2) is 22.8 Å². The molecule has 0 spiro atoms. The third kappa shape index (κ3) is 3.29. The number of nitrogens with one attached hydrogen (secondary N) is 1. The van der Waals surface area contributed by atoms with Gasteiger partial charge in [-0.25, -0.2) is 4.98 Å². The molecule has 2 nitrogen and oxygen atoms in total. The number of hydrogen-bond donors (Lipinski definition) is 1. The molecule has 0 aromatic carbocycles. The van der Waals surface area contributed by atoms with Crippen LogP contribution < -0.4 is 5.32 Å². The predicted octanol–water partition coefficient (Wildman–Crippen LogP) is 3.76. The van der Waals surface area contributed by atoms with Crippen molar-refractivity contribution in [1.82, 2.24) is 10.3 Å². The summed E-state index contributed by atoms with van der Waals surface area (Å²) in [5, 5.41) is 3.66. The molecule has 1 heterocycles. The molecule has 3 atom stereocenters. The lowest BCUT2D eigenvalue weighted by Gasteiger charge is -2.20. The second-order valence-corrected chi connectivity index (χ2v) is 5.86. The Bertz CT molecular complexity index is 367. The second kappa shape index (κ2) is 5.96. The molecule has 1 fully saturated rings. The monoisotopic (exact) mass is 296 g/mol. The number of aromatic nitrogens is 1. The first kappa shape index (κ1) is 13.0. The van der Waals surface area contributed by atoms with Crippen LogP contribution in [0.25, 0.3) is 0 Å². The first-order valence-electron chi connectivity index (χ1n) is 6.55. The van der Waals surface area contributed by atoms with E-state index in [4.69, 9.17) is 0 Å². The van der Waals surface area contributed by atoms with E-state index in [9.17, 15) is 0 Å². The first-order chi connectivity index (χ1) is 8.20. The Labute approximate surface area is 112 Å². The summed E-state index contributed by atoms with van der Waals surface area (Å²) in [6, 6.07) is 6.76. The van der Waals surface area contributed by atoms with Gasteiger partial charge in [-0.1, -0.05) is 26.3 Å². The van der Waals surface area contributed by atoms with Crippen LogP contribution >= 0.6 is 15.9 Å². The molecule has 0 saturated heterocycles. The molecule has 1 aliphatic carbocycles. The fraction of sp³-hybridized carbons (Fsp3) is 0.643. The molecule has 1 aliphatic rings. The fourth-order valence-corrected chi connectivity index (χ4v) is 3.28. The van der Waals surface area contributed by atoms with E-state index in [0.717, 1.165) is 28.7 Å². The van der Waals surface area contributed by atoms with Crippen LogP contribution in [0.5, 0.6) is 0 Å². The van der Waals surface area contributed by atoms with E-state index < -0.39 is 0 Å². The number of rotatable bonds is 4. The highest BCUT2D eigenvalue weighted by Gasteiger charge is 2.30. The Morgan fingerprint density at radius 3 is 2.88 bits per heavy atom. The summed E-state index contributed by atoms with van der Waals surface area (Å²) in [5.74, 6) is 1.70. The van der Waals surface area contributed by atoms with Crippen molar-refractivity contribution >= 4 is 15.9 Å². The van der Waals surface area contributed by atoms with Crippen molar-refractivity contribution in [2.75, 3.05) is 0 Å². The molecule has 1 saturated carbocycles. The summed E-state index contributed by atoms with van der Waals surface area (Å²) in [6.07, 6.45) is 4.00. The maximum Gasteiger partial charge on any atom is 0.106 e. The van der Waals surface area contributed by atoms with Gasteiger partial charge in [-0.3, -0.25) is 0 Å². The minimum Gasteiger partial charge on any atom is -0.308 e. The van der Waals surface area contributed by atoms with Crippen molar-refractivity contribution < 1.29 is 0 Å². The Balaban J connectivity index is 1.87. The van der Waals surface area contributed by atoms with Crippen LogP contribution in [0.4, 0.5) is 0 Å². The lowest BCUT2D eigenvalue weighted by Crippen LogP contribution is -2.32. The average Bonchev–Trinajstić information content (AvgIpc) is 2.67. The number of pyridine rings is 1. The van der Waals surface area contributed by atoms with E-state index in [1.54, 1.807) is 0 Å². The van der Waals surface area contributed by atoms with E-state index >= 15 is 0 Å². The molecule has 2 rings (SSSR count). The Hall–Kier alpha value is -0.410. The highest BCUT2D eigenvalue weighted by Crippen LogP contribution is 2.33. The van der Waals surface area contributed by atoms with Gasteiger partial charge in [0.25, 0.3) is 0 Å². The lowest BCUT2D eigenvalue weighted by molar-refractivity contribution is 0.343. The van der Waals surface area contributed by atoms with Crippen molar-refractivity contribution in [2.24, 2.45) is 11.8 Å². The van der Waals surface area contributed by atoms with Crippen molar-refractivity contribution in [1.29, 1.82) is 0 Å². The maximum absolute atomic E-state index is 4.45. The smallest absolute Gasteiger partial charge is 0.106 e. The van der Waals surface area contributed by atoms with Gasteiger partial charge in [0.1, 0.15) is 4.60 Å². The van der Waals surface area contributed by atoms with Crippen LogP contribution in [0.1, 0.15) is 38.8 Å². The zero-order valence-electron chi connectivity index (χ0n) is 10.6. The van der Waals surface area contributed by atoms with E-state index in [2.05, 4.69) is 46.1 Å². The van der Waals surface area contributed by atoms with Gasteiger partial charge in [-0.2, -0.15) is 0 Å². The molecule has 1 aromatic rings. The number of halogens is 1. The van der Waals surface area contributed by atoms with Crippen LogP contribution in [0.2, 0.25) is 0 Å². The van der Waals surface area contributed by atoms with E-state index in [1.165, 1.54) is 19.3 Å². The number of nitrogens with zero attached hydrogens (tertiary/aromatic N) is 1. The quantitative estimate of drug-likeness (QED) is 0.856. The summed E-state index contributed by atoms with van der Waals surface area (Å²) < 4.78 is 0.919. The van der Waals surface area contributed by atoms with E-state index in [-0.39, 0.29) is 0 Å². The molecule has 0 bridgehead atoms. The van der Waals surface area contributed by atoms with Gasteiger partial charge in [-0.05, 0) is 52.7 Å². The van der Waals surface area contributed by atoms with Crippen molar-refractivity contribution in [3.63, 3.8) is 0 Å². The minimum atomic E-state index is 0.667. The van der Waals surface area contributed by atoms with Gasteiger partial charge in [0.2, 0.25) is 0 Å². The van der Waals surface area contributed by atoms with Crippen LogP contribution in [-0.4, -0.2) is 11.0 Å². The molecule has 1 N–H and O–H groups in total. The number of hydrogen-bond acceptors (Lipinski definition) is 2. The fourth-order valence-electron chi connectivity index (χ4n) is 2.90. The molecule has 1 aromatic heterocycles. The molecular weight excluding hydrogens is 276 g/mol.